The molecule has 0 aliphatic heterocycles. The first-order valence-electron chi connectivity index (χ1n) is 3.99. The molecule has 0 unspecified atom stereocenters. The van der Waals surface area contributed by atoms with Crippen molar-refractivity contribution in [1.29, 1.82) is 0 Å². The van der Waals surface area contributed by atoms with Crippen LogP contribution in [0, 0.1) is 0 Å². The SMILES string of the molecule is Clc1cnc(Cl)c(-c2ccncc2)c1. The predicted octanol–water partition coefficient (Wildman–Crippen LogP) is 3.45. The molecule has 0 spiro atoms. The third-order valence-corrected chi connectivity index (χ3v) is 2.30. The Bertz CT molecular complexity index is 443. The van der Waals surface area contributed by atoms with Crippen molar-refractivity contribution in [2.24, 2.45) is 0 Å². The average Bonchev–Trinajstić information content (AvgIpc) is 2.23. The van der Waals surface area contributed by atoms with E-state index in [4.69, 9.17) is 23.2 Å². The van der Waals surface area contributed by atoms with Gasteiger partial charge in [0.15, 0.2) is 0 Å². The molecular formula is C10H6Cl2N2. The van der Waals surface area contributed by atoms with Gasteiger partial charge < -0.3 is 0 Å². The molecule has 0 aliphatic rings. The molecule has 0 fully saturated rings. The molecule has 0 radical (unpaired) electrons. The van der Waals surface area contributed by atoms with Crippen LogP contribution in [0.4, 0.5) is 0 Å². The number of aromatic nitrogens is 2. The largest absolute Gasteiger partial charge is 0.265 e. The van der Waals surface area contributed by atoms with Crippen LogP contribution in [0.1, 0.15) is 0 Å². The average molecular weight is 225 g/mol. The lowest BCUT2D eigenvalue weighted by Gasteiger charge is -2.02. The van der Waals surface area contributed by atoms with Crippen molar-refractivity contribution in [3.63, 3.8) is 0 Å². The molecule has 4 heteroatoms. The second-order valence-electron chi connectivity index (χ2n) is 2.73. The fourth-order valence-corrected chi connectivity index (χ4v) is 1.53. The van der Waals surface area contributed by atoms with Crippen LogP contribution < -0.4 is 0 Å². The van der Waals surface area contributed by atoms with Crippen molar-refractivity contribution >= 4 is 23.2 Å². The molecule has 0 saturated carbocycles. The van der Waals surface area contributed by atoms with Gasteiger partial charge in [-0.2, -0.15) is 0 Å². The van der Waals surface area contributed by atoms with Gasteiger partial charge in [0, 0.05) is 24.2 Å². The van der Waals surface area contributed by atoms with Gasteiger partial charge in [0.1, 0.15) is 5.15 Å². The summed E-state index contributed by atoms with van der Waals surface area (Å²) in [5.41, 5.74) is 1.78. The van der Waals surface area contributed by atoms with Crippen LogP contribution in [0.15, 0.2) is 36.8 Å². The zero-order valence-electron chi connectivity index (χ0n) is 7.11. The van der Waals surface area contributed by atoms with E-state index in [1.165, 1.54) is 6.20 Å². The van der Waals surface area contributed by atoms with E-state index in [2.05, 4.69) is 9.97 Å². The predicted molar refractivity (Wildman–Crippen MR) is 57.5 cm³/mol. The highest BCUT2D eigenvalue weighted by Crippen LogP contribution is 2.27. The second kappa shape index (κ2) is 3.95. The van der Waals surface area contributed by atoms with Gasteiger partial charge in [-0.3, -0.25) is 4.98 Å². The van der Waals surface area contributed by atoms with E-state index >= 15 is 0 Å². The standard InChI is InChI=1S/C10H6Cl2N2/c11-8-5-9(10(12)14-6-8)7-1-3-13-4-2-7/h1-6H. The Morgan fingerprint density at radius 1 is 1.07 bits per heavy atom. The first-order valence-corrected chi connectivity index (χ1v) is 4.74. The summed E-state index contributed by atoms with van der Waals surface area (Å²) in [5.74, 6) is 0. The zero-order valence-corrected chi connectivity index (χ0v) is 8.63. The topological polar surface area (TPSA) is 25.8 Å². The molecular weight excluding hydrogens is 219 g/mol. The Hall–Kier alpha value is -1.12. The third kappa shape index (κ3) is 1.86. The van der Waals surface area contributed by atoms with Gasteiger partial charge in [-0.25, -0.2) is 4.98 Å². The molecule has 2 aromatic heterocycles. The molecule has 0 aromatic carbocycles. The van der Waals surface area contributed by atoms with Gasteiger partial charge in [0.2, 0.25) is 0 Å². The summed E-state index contributed by atoms with van der Waals surface area (Å²) in [6.45, 7) is 0. The quantitative estimate of drug-likeness (QED) is 0.694. The number of nitrogens with zero attached hydrogens (tertiary/aromatic N) is 2. The van der Waals surface area contributed by atoms with E-state index < -0.39 is 0 Å². The fraction of sp³-hybridized carbons (Fsp3) is 0. The second-order valence-corrected chi connectivity index (χ2v) is 3.52. The number of hydrogen-bond donors (Lipinski definition) is 0. The molecule has 2 heterocycles. The van der Waals surface area contributed by atoms with Gasteiger partial charge in [-0.1, -0.05) is 23.2 Å². The molecule has 0 N–H and O–H groups in total. The third-order valence-electron chi connectivity index (χ3n) is 1.80. The maximum absolute atomic E-state index is 5.94. The van der Waals surface area contributed by atoms with E-state index in [1.54, 1.807) is 18.5 Å². The zero-order chi connectivity index (χ0) is 9.97. The number of rotatable bonds is 1. The van der Waals surface area contributed by atoms with Gasteiger partial charge in [0.25, 0.3) is 0 Å². The summed E-state index contributed by atoms with van der Waals surface area (Å²) in [5, 5.41) is 1.02. The van der Waals surface area contributed by atoms with Crippen LogP contribution in [0.25, 0.3) is 11.1 Å². The first kappa shape index (κ1) is 9.44. The van der Waals surface area contributed by atoms with E-state index in [0.717, 1.165) is 11.1 Å². The van der Waals surface area contributed by atoms with Crippen LogP contribution >= 0.6 is 23.2 Å². The Kier molecular flexibility index (Phi) is 2.66. The summed E-state index contributed by atoms with van der Waals surface area (Å²) in [7, 11) is 0. The van der Waals surface area contributed by atoms with Crippen LogP contribution in [0.3, 0.4) is 0 Å². The monoisotopic (exact) mass is 224 g/mol. The normalized spacial score (nSPS) is 10.1. The molecule has 70 valence electrons. The molecule has 2 rings (SSSR count). The molecule has 0 atom stereocenters. The Labute approximate surface area is 91.5 Å². The summed E-state index contributed by atoms with van der Waals surface area (Å²) in [4.78, 5) is 7.89. The van der Waals surface area contributed by atoms with Crippen LogP contribution in [0.2, 0.25) is 10.2 Å². The first-order chi connectivity index (χ1) is 6.77. The number of pyridine rings is 2. The molecule has 14 heavy (non-hydrogen) atoms. The van der Waals surface area contributed by atoms with Crippen molar-refractivity contribution < 1.29 is 0 Å². The van der Waals surface area contributed by atoms with Gasteiger partial charge in [-0.05, 0) is 23.8 Å². The molecule has 0 aliphatic carbocycles. The summed E-state index contributed by atoms with van der Waals surface area (Å²) in [6.07, 6.45) is 4.92. The van der Waals surface area contributed by atoms with E-state index in [-0.39, 0.29) is 0 Å². The Morgan fingerprint density at radius 2 is 1.79 bits per heavy atom. The molecule has 0 bridgehead atoms. The maximum atomic E-state index is 5.94. The lowest BCUT2D eigenvalue weighted by atomic mass is 10.1. The van der Waals surface area contributed by atoms with Gasteiger partial charge in [-0.15, -0.1) is 0 Å². The molecule has 2 aromatic rings. The highest BCUT2D eigenvalue weighted by atomic mass is 35.5. The van der Waals surface area contributed by atoms with Crippen molar-refractivity contribution in [1.82, 2.24) is 9.97 Å². The summed E-state index contributed by atoms with van der Waals surface area (Å²) >= 11 is 11.8. The maximum Gasteiger partial charge on any atom is 0.136 e. The van der Waals surface area contributed by atoms with Crippen molar-refractivity contribution in [3.05, 3.63) is 47.0 Å². The number of halogens is 2. The lowest BCUT2D eigenvalue weighted by Crippen LogP contribution is -1.83. The number of hydrogen-bond acceptors (Lipinski definition) is 2. The fourth-order valence-electron chi connectivity index (χ4n) is 1.16. The van der Waals surface area contributed by atoms with Gasteiger partial charge in [0.05, 0.1) is 5.02 Å². The molecule has 0 amide bonds. The van der Waals surface area contributed by atoms with E-state index in [0.29, 0.717) is 10.2 Å². The van der Waals surface area contributed by atoms with Crippen LogP contribution in [0.5, 0.6) is 0 Å². The smallest absolute Gasteiger partial charge is 0.136 e. The van der Waals surface area contributed by atoms with Crippen LogP contribution in [-0.2, 0) is 0 Å². The van der Waals surface area contributed by atoms with Crippen molar-refractivity contribution in [2.45, 2.75) is 0 Å². The van der Waals surface area contributed by atoms with Gasteiger partial charge >= 0.3 is 0 Å². The molecule has 2 nitrogen and oxygen atoms in total. The Balaban J connectivity index is 2.57. The highest BCUT2D eigenvalue weighted by Gasteiger charge is 2.04. The minimum Gasteiger partial charge on any atom is -0.265 e. The lowest BCUT2D eigenvalue weighted by molar-refractivity contribution is 1.30. The minimum atomic E-state index is 0.445. The highest BCUT2D eigenvalue weighted by molar-refractivity contribution is 6.34. The van der Waals surface area contributed by atoms with E-state index in [1.807, 2.05) is 12.1 Å². The van der Waals surface area contributed by atoms with Crippen molar-refractivity contribution in [2.75, 3.05) is 0 Å². The Morgan fingerprint density at radius 3 is 2.50 bits per heavy atom. The summed E-state index contributed by atoms with van der Waals surface area (Å²) < 4.78 is 0. The minimum absolute atomic E-state index is 0.445. The van der Waals surface area contributed by atoms with Crippen LogP contribution in [-0.4, -0.2) is 9.97 Å². The summed E-state index contributed by atoms with van der Waals surface area (Å²) in [6, 6.07) is 5.50. The van der Waals surface area contributed by atoms with E-state index in [9.17, 15) is 0 Å². The van der Waals surface area contributed by atoms with Crippen molar-refractivity contribution in [3.8, 4) is 11.1 Å². The molecule has 0 saturated heterocycles.